The number of rotatable bonds is 5. The quantitative estimate of drug-likeness (QED) is 0.671. The number of carbonyl (C=O) groups excluding carboxylic acids is 3. The van der Waals surface area contributed by atoms with E-state index in [4.69, 9.17) is 0 Å². The van der Waals surface area contributed by atoms with E-state index in [1.54, 1.807) is 16.8 Å². The number of carbonyl (C=O) groups is 3. The van der Waals surface area contributed by atoms with E-state index in [0.717, 1.165) is 24.3 Å². The average Bonchev–Trinajstić information content (AvgIpc) is 3.24. The Balaban J connectivity index is 1.57. The molecule has 6 heteroatoms. The van der Waals surface area contributed by atoms with Gasteiger partial charge in [-0.25, -0.2) is 4.79 Å². The summed E-state index contributed by atoms with van der Waals surface area (Å²) in [5.41, 5.74) is 0. The van der Waals surface area contributed by atoms with E-state index in [2.05, 4.69) is 0 Å². The Bertz CT molecular complexity index is 429. The summed E-state index contributed by atoms with van der Waals surface area (Å²) in [6.45, 7) is 0.772. The van der Waals surface area contributed by atoms with Gasteiger partial charge in [-0.2, -0.15) is 0 Å². The summed E-state index contributed by atoms with van der Waals surface area (Å²) in [6, 6.07) is -0.0681. The minimum atomic E-state index is -0.291. The van der Waals surface area contributed by atoms with Crippen LogP contribution < -0.4 is 0 Å². The molecule has 1 saturated heterocycles. The highest BCUT2D eigenvalue weighted by atomic mass is 16.2. The minimum Gasteiger partial charge on any atom is -0.344 e. The van der Waals surface area contributed by atoms with E-state index < -0.39 is 0 Å². The molecule has 0 bridgehead atoms. The summed E-state index contributed by atoms with van der Waals surface area (Å²) in [5.74, 6) is 0.221. The molecule has 1 aliphatic heterocycles. The van der Waals surface area contributed by atoms with Gasteiger partial charge in [-0.3, -0.25) is 14.5 Å². The van der Waals surface area contributed by atoms with Crippen molar-refractivity contribution >= 4 is 17.8 Å². The lowest BCUT2D eigenvalue weighted by Crippen LogP contribution is -2.42. The highest BCUT2D eigenvalue weighted by Gasteiger charge is 2.44. The molecule has 0 aromatic heterocycles. The van der Waals surface area contributed by atoms with Crippen molar-refractivity contribution in [3.63, 3.8) is 0 Å². The summed E-state index contributed by atoms with van der Waals surface area (Å²) in [5, 5.41) is 0. The molecule has 0 spiro atoms. The van der Waals surface area contributed by atoms with E-state index in [1.165, 1.54) is 12.8 Å². The fourth-order valence-corrected chi connectivity index (χ4v) is 2.43. The highest BCUT2D eigenvalue weighted by molar-refractivity contribution is 6.04. The molecule has 3 aliphatic rings. The van der Waals surface area contributed by atoms with Gasteiger partial charge in [-0.1, -0.05) is 0 Å². The van der Waals surface area contributed by atoms with E-state index >= 15 is 0 Å². The van der Waals surface area contributed by atoms with Crippen LogP contribution in [-0.4, -0.2) is 65.3 Å². The summed E-state index contributed by atoms with van der Waals surface area (Å²) in [7, 11) is 1.74. The van der Waals surface area contributed by atoms with Crippen molar-refractivity contribution in [3.8, 4) is 0 Å². The first-order valence-electron chi connectivity index (χ1n) is 6.91. The molecule has 1 heterocycles. The standard InChI is InChI=1S/C13H19N3O3/c1-14(6-9-2-3-9)11(17)7-16-12(18)8-15(13(16)19)10-4-5-10/h9-10H,2-8H2,1H3. The predicted molar refractivity (Wildman–Crippen MR) is 67.2 cm³/mol. The molecule has 2 aliphatic carbocycles. The highest BCUT2D eigenvalue weighted by Crippen LogP contribution is 2.31. The Labute approximate surface area is 112 Å². The van der Waals surface area contributed by atoms with Crippen LogP contribution >= 0.6 is 0 Å². The maximum absolute atomic E-state index is 12.1. The zero-order chi connectivity index (χ0) is 13.6. The fraction of sp³-hybridized carbons (Fsp3) is 0.769. The predicted octanol–water partition coefficient (Wildman–Crippen LogP) is 0.281. The Morgan fingerprint density at radius 2 is 1.95 bits per heavy atom. The number of urea groups is 1. The van der Waals surface area contributed by atoms with Crippen LogP contribution in [-0.2, 0) is 9.59 Å². The van der Waals surface area contributed by atoms with Gasteiger partial charge in [0.2, 0.25) is 5.91 Å². The number of amides is 4. The van der Waals surface area contributed by atoms with Crippen molar-refractivity contribution in [2.45, 2.75) is 31.7 Å². The molecule has 2 saturated carbocycles. The fourth-order valence-electron chi connectivity index (χ4n) is 2.43. The van der Waals surface area contributed by atoms with Gasteiger partial charge in [-0.15, -0.1) is 0 Å². The van der Waals surface area contributed by atoms with Crippen LogP contribution in [0.4, 0.5) is 4.79 Å². The van der Waals surface area contributed by atoms with Crippen molar-refractivity contribution in [3.05, 3.63) is 0 Å². The smallest absolute Gasteiger partial charge is 0.327 e. The normalized spacial score (nSPS) is 23.2. The molecule has 0 aromatic rings. The van der Waals surface area contributed by atoms with Crippen LogP contribution in [0.15, 0.2) is 0 Å². The van der Waals surface area contributed by atoms with Crippen molar-refractivity contribution < 1.29 is 14.4 Å². The van der Waals surface area contributed by atoms with Gasteiger partial charge in [0.05, 0.1) is 0 Å². The van der Waals surface area contributed by atoms with Gasteiger partial charge in [0.25, 0.3) is 5.91 Å². The maximum atomic E-state index is 12.1. The van der Waals surface area contributed by atoms with Crippen LogP contribution in [0.1, 0.15) is 25.7 Å². The summed E-state index contributed by atoms with van der Waals surface area (Å²) in [6.07, 6.45) is 4.30. The van der Waals surface area contributed by atoms with Crippen molar-refractivity contribution in [1.82, 2.24) is 14.7 Å². The number of hydrogen-bond acceptors (Lipinski definition) is 3. The van der Waals surface area contributed by atoms with Crippen molar-refractivity contribution in [2.24, 2.45) is 5.92 Å². The second-order valence-corrected chi connectivity index (χ2v) is 5.84. The third kappa shape index (κ3) is 2.57. The third-order valence-corrected chi connectivity index (χ3v) is 4.02. The molecular weight excluding hydrogens is 246 g/mol. The lowest BCUT2D eigenvalue weighted by Gasteiger charge is -2.21. The number of hydrogen-bond donors (Lipinski definition) is 0. The lowest BCUT2D eigenvalue weighted by atomic mass is 10.3. The van der Waals surface area contributed by atoms with Crippen LogP contribution in [0.3, 0.4) is 0 Å². The van der Waals surface area contributed by atoms with E-state index in [-0.39, 0.29) is 37.0 Å². The Hall–Kier alpha value is -1.59. The zero-order valence-corrected chi connectivity index (χ0v) is 11.2. The van der Waals surface area contributed by atoms with Crippen LogP contribution in [0.5, 0.6) is 0 Å². The van der Waals surface area contributed by atoms with Gasteiger partial charge in [0.1, 0.15) is 13.1 Å². The van der Waals surface area contributed by atoms with Crippen LogP contribution in [0.2, 0.25) is 0 Å². The van der Waals surface area contributed by atoms with Gasteiger partial charge in [-0.05, 0) is 31.6 Å². The summed E-state index contributed by atoms with van der Waals surface area (Å²) >= 11 is 0. The second kappa shape index (κ2) is 4.51. The third-order valence-electron chi connectivity index (χ3n) is 4.02. The van der Waals surface area contributed by atoms with Gasteiger partial charge < -0.3 is 9.80 Å². The summed E-state index contributed by atoms with van der Waals surface area (Å²) < 4.78 is 0. The van der Waals surface area contributed by atoms with E-state index in [9.17, 15) is 14.4 Å². The second-order valence-electron chi connectivity index (χ2n) is 5.84. The minimum absolute atomic E-state index is 0.107. The van der Waals surface area contributed by atoms with E-state index in [0.29, 0.717) is 5.92 Å². The number of imide groups is 1. The van der Waals surface area contributed by atoms with Crippen LogP contribution in [0.25, 0.3) is 0 Å². The first-order valence-corrected chi connectivity index (χ1v) is 6.91. The molecule has 0 radical (unpaired) electrons. The molecule has 3 rings (SSSR count). The monoisotopic (exact) mass is 265 g/mol. The zero-order valence-electron chi connectivity index (χ0n) is 11.2. The average molecular weight is 265 g/mol. The van der Waals surface area contributed by atoms with Gasteiger partial charge >= 0.3 is 6.03 Å². The van der Waals surface area contributed by atoms with Crippen molar-refractivity contribution in [2.75, 3.05) is 26.7 Å². The van der Waals surface area contributed by atoms with Gasteiger partial charge in [0, 0.05) is 19.6 Å². The van der Waals surface area contributed by atoms with E-state index in [1.807, 2.05) is 0 Å². The first-order chi connectivity index (χ1) is 9.06. The lowest BCUT2D eigenvalue weighted by molar-refractivity contribution is -0.135. The number of likely N-dealkylation sites (N-methyl/N-ethyl adjacent to an activating group) is 1. The molecule has 6 nitrogen and oxygen atoms in total. The Morgan fingerprint density at radius 3 is 2.53 bits per heavy atom. The molecule has 3 fully saturated rings. The van der Waals surface area contributed by atoms with Crippen LogP contribution in [0, 0.1) is 5.92 Å². The molecule has 104 valence electrons. The topological polar surface area (TPSA) is 60.9 Å². The molecule has 0 aromatic carbocycles. The maximum Gasteiger partial charge on any atom is 0.327 e. The molecular formula is C13H19N3O3. The Kier molecular flexibility index (Phi) is 2.95. The Morgan fingerprint density at radius 1 is 1.26 bits per heavy atom. The van der Waals surface area contributed by atoms with Crippen molar-refractivity contribution in [1.29, 1.82) is 0 Å². The molecule has 0 unspecified atom stereocenters. The first kappa shape index (κ1) is 12.4. The molecule has 4 amide bonds. The molecule has 0 N–H and O–H groups in total. The SMILES string of the molecule is CN(CC1CC1)C(=O)CN1C(=O)CN(C2CC2)C1=O. The largest absolute Gasteiger partial charge is 0.344 e. The summed E-state index contributed by atoms with van der Waals surface area (Å²) in [4.78, 5) is 40.2. The molecule has 19 heavy (non-hydrogen) atoms. The molecule has 0 atom stereocenters. The van der Waals surface area contributed by atoms with Gasteiger partial charge in [0.15, 0.2) is 0 Å². The number of nitrogens with zero attached hydrogens (tertiary/aromatic N) is 3.